The Labute approximate surface area is 161 Å². The van der Waals surface area contributed by atoms with Crippen LogP contribution in [0.15, 0.2) is 48.5 Å². The first-order valence-corrected chi connectivity index (χ1v) is 8.99. The standard InChI is InChI=1S/C21H25NO4.CH4/c1-14(16-4-8-18(23)9-5-16)3-12-20-13-22(21(25)26-20)15(2)17-6-10-19(24)11-7-17;/h4-11,14-15,20,23-24H,3,12-13H2,1-2H3;1H4/t14-,15+,20+;/m1./s1. The van der Waals surface area contributed by atoms with Crippen LogP contribution in [0, 0.1) is 0 Å². The first kappa shape index (κ1) is 20.6. The average molecular weight is 371 g/mol. The summed E-state index contributed by atoms with van der Waals surface area (Å²) in [5, 5.41) is 18.8. The number of aromatic hydroxyl groups is 2. The largest absolute Gasteiger partial charge is 0.508 e. The molecule has 1 aliphatic heterocycles. The lowest BCUT2D eigenvalue weighted by Gasteiger charge is -2.22. The van der Waals surface area contributed by atoms with E-state index >= 15 is 0 Å². The number of benzene rings is 2. The van der Waals surface area contributed by atoms with Gasteiger partial charge in [0.25, 0.3) is 0 Å². The molecule has 1 saturated heterocycles. The summed E-state index contributed by atoms with van der Waals surface area (Å²) >= 11 is 0. The van der Waals surface area contributed by atoms with Gasteiger partial charge in [0.2, 0.25) is 0 Å². The maximum absolute atomic E-state index is 12.2. The number of carbonyl (C=O) groups is 1. The Morgan fingerprint density at radius 2 is 1.52 bits per heavy atom. The Morgan fingerprint density at radius 3 is 2.07 bits per heavy atom. The highest BCUT2D eigenvalue weighted by molar-refractivity contribution is 5.70. The third kappa shape index (κ3) is 4.94. The van der Waals surface area contributed by atoms with Gasteiger partial charge in [0.15, 0.2) is 0 Å². The van der Waals surface area contributed by atoms with E-state index in [0.717, 1.165) is 18.4 Å². The summed E-state index contributed by atoms with van der Waals surface area (Å²) in [4.78, 5) is 14.0. The van der Waals surface area contributed by atoms with E-state index in [-0.39, 0.29) is 37.2 Å². The lowest BCUT2D eigenvalue weighted by molar-refractivity contribution is 0.124. The molecule has 3 atom stereocenters. The van der Waals surface area contributed by atoms with Crippen LogP contribution in [0.25, 0.3) is 0 Å². The molecule has 1 amide bonds. The highest BCUT2D eigenvalue weighted by Crippen LogP contribution is 2.30. The Hall–Kier alpha value is -2.69. The van der Waals surface area contributed by atoms with Gasteiger partial charge in [-0.15, -0.1) is 0 Å². The fourth-order valence-electron chi connectivity index (χ4n) is 3.35. The van der Waals surface area contributed by atoms with E-state index in [1.165, 1.54) is 5.56 Å². The summed E-state index contributed by atoms with van der Waals surface area (Å²) in [6, 6.07) is 14.1. The molecule has 0 saturated carbocycles. The van der Waals surface area contributed by atoms with E-state index in [1.807, 2.05) is 31.2 Å². The van der Waals surface area contributed by atoms with Gasteiger partial charge >= 0.3 is 6.09 Å². The van der Waals surface area contributed by atoms with Crippen LogP contribution in [0.3, 0.4) is 0 Å². The number of amides is 1. The SMILES string of the molecule is C.C[C@H](CC[C@H]1CN([C@@H](C)c2ccc(O)cc2)C(=O)O1)c1ccc(O)cc1. The predicted octanol–water partition coefficient (Wildman–Crippen LogP) is 5.20. The van der Waals surface area contributed by atoms with Crippen molar-refractivity contribution in [1.82, 2.24) is 4.90 Å². The van der Waals surface area contributed by atoms with Gasteiger partial charge < -0.3 is 14.9 Å². The van der Waals surface area contributed by atoms with Gasteiger partial charge in [0, 0.05) is 0 Å². The number of rotatable bonds is 6. The summed E-state index contributed by atoms with van der Waals surface area (Å²) in [7, 11) is 0. The van der Waals surface area contributed by atoms with Gasteiger partial charge in [-0.3, -0.25) is 4.90 Å². The molecule has 2 aromatic carbocycles. The Bertz CT molecular complexity index is 742. The Morgan fingerprint density at radius 1 is 1.00 bits per heavy atom. The van der Waals surface area contributed by atoms with E-state index in [4.69, 9.17) is 4.74 Å². The second-order valence-electron chi connectivity index (χ2n) is 7.00. The molecule has 0 unspecified atom stereocenters. The van der Waals surface area contributed by atoms with Crippen molar-refractivity contribution < 1.29 is 19.7 Å². The monoisotopic (exact) mass is 371 g/mol. The Kier molecular flexibility index (Phi) is 6.72. The first-order valence-electron chi connectivity index (χ1n) is 8.99. The summed E-state index contributed by atoms with van der Waals surface area (Å²) in [5.41, 5.74) is 2.14. The van der Waals surface area contributed by atoms with Gasteiger partial charge in [0.05, 0.1) is 12.6 Å². The van der Waals surface area contributed by atoms with Crippen molar-refractivity contribution in [3.63, 3.8) is 0 Å². The van der Waals surface area contributed by atoms with Gasteiger partial charge in [0.1, 0.15) is 17.6 Å². The van der Waals surface area contributed by atoms with E-state index in [2.05, 4.69) is 6.92 Å². The molecule has 146 valence electrons. The zero-order valence-electron chi connectivity index (χ0n) is 15.1. The number of nitrogens with zero attached hydrogens (tertiary/aromatic N) is 1. The highest BCUT2D eigenvalue weighted by Gasteiger charge is 2.34. The van der Waals surface area contributed by atoms with E-state index in [0.29, 0.717) is 12.5 Å². The molecule has 5 heteroatoms. The fourth-order valence-corrected chi connectivity index (χ4v) is 3.35. The molecular formula is C22H29NO4. The van der Waals surface area contributed by atoms with Crippen LogP contribution >= 0.6 is 0 Å². The van der Waals surface area contributed by atoms with E-state index in [9.17, 15) is 15.0 Å². The minimum atomic E-state index is -0.284. The van der Waals surface area contributed by atoms with Crippen LogP contribution in [0.4, 0.5) is 4.79 Å². The van der Waals surface area contributed by atoms with E-state index < -0.39 is 0 Å². The molecular weight excluding hydrogens is 342 g/mol. The molecule has 0 bridgehead atoms. The fraction of sp³-hybridized carbons (Fsp3) is 0.409. The molecule has 3 rings (SSSR count). The number of ether oxygens (including phenoxy) is 1. The lowest BCUT2D eigenvalue weighted by atomic mass is 9.94. The van der Waals surface area contributed by atoms with Gasteiger partial charge in [-0.25, -0.2) is 4.79 Å². The number of hydrogen-bond donors (Lipinski definition) is 2. The van der Waals surface area contributed by atoms with Crippen LogP contribution in [0.1, 0.15) is 57.2 Å². The van der Waals surface area contributed by atoms with Crippen LogP contribution < -0.4 is 0 Å². The zero-order chi connectivity index (χ0) is 18.7. The Balaban J connectivity index is 0.00000261. The predicted molar refractivity (Wildman–Crippen MR) is 106 cm³/mol. The normalized spacial score (nSPS) is 18.5. The smallest absolute Gasteiger partial charge is 0.410 e. The lowest BCUT2D eigenvalue weighted by Crippen LogP contribution is -2.28. The average Bonchev–Trinajstić information content (AvgIpc) is 3.01. The number of carbonyl (C=O) groups excluding carboxylic acids is 1. The van der Waals surface area contributed by atoms with Crippen LogP contribution in [-0.4, -0.2) is 33.9 Å². The number of hydrogen-bond acceptors (Lipinski definition) is 4. The molecule has 0 aromatic heterocycles. The molecule has 1 fully saturated rings. The minimum Gasteiger partial charge on any atom is -0.508 e. The van der Waals surface area contributed by atoms with Crippen molar-refractivity contribution in [3.8, 4) is 11.5 Å². The second-order valence-corrected chi connectivity index (χ2v) is 7.00. The van der Waals surface area contributed by atoms with Gasteiger partial charge in [-0.2, -0.15) is 0 Å². The molecule has 0 spiro atoms. The molecule has 1 aliphatic rings. The van der Waals surface area contributed by atoms with Crippen LogP contribution in [0.5, 0.6) is 11.5 Å². The highest BCUT2D eigenvalue weighted by atomic mass is 16.6. The van der Waals surface area contributed by atoms with Crippen molar-refractivity contribution >= 4 is 6.09 Å². The van der Waals surface area contributed by atoms with E-state index in [1.54, 1.807) is 29.2 Å². The van der Waals surface area contributed by atoms with Crippen molar-refractivity contribution in [3.05, 3.63) is 59.7 Å². The summed E-state index contributed by atoms with van der Waals surface area (Å²) < 4.78 is 5.54. The minimum absolute atomic E-state index is 0. The third-order valence-corrected chi connectivity index (χ3v) is 5.13. The number of phenols is 2. The molecule has 5 nitrogen and oxygen atoms in total. The van der Waals surface area contributed by atoms with Crippen molar-refractivity contribution in [1.29, 1.82) is 0 Å². The topological polar surface area (TPSA) is 70.0 Å². The number of phenolic OH excluding ortho intramolecular Hbond substituents is 2. The molecule has 2 N–H and O–H groups in total. The molecule has 0 aliphatic carbocycles. The second kappa shape index (κ2) is 8.80. The first-order chi connectivity index (χ1) is 12.4. The molecule has 2 aromatic rings. The van der Waals surface area contributed by atoms with Crippen LogP contribution in [0.2, 0.25) is 0 Å². The van der Waals surface area contributed by atoms with Crippen molar-refractivity contribution in [2.24, 2.45) is 0 Å². The maximum Gasteiger partial charge on any atom is 0.410 e. The maximum atomic E-state index is 12.2. The quantitative estimate of drug-likeness (QED) is 0.732. The van der Waals surface area contributed by atoms with Crippen molar-refractivity contribution in [2.75, 3.05) is 6.54 Å². The van der Waals surface area contributed by atoms with Crippen molar-refractivity contribution in [2.45, 2.75) is 52.2 Å². The van der Waals surface area contributed by atoms with Gasteiger partial charge in [-0.1, -0.05) is 38.6 Å². The summed E-state index contributed by atoms with van der Waals surface area (Å²) in [6.45, 7) is 4.68. The summed E-state index contributed by atoms with van der Waals surface area (Å²) in [5.74, 6) is 0.813. The molecule has 0 radical (unpaired) electrons. The molecule has 1 heterocycles. The van der Waals surface area contributed by atoms with Crippen LogP contribution in [-0.2, 0) is 4.74 Å². The zero-order valence-corrected chi connectivity index (χ0v) is 15.1. The third-order valence-electron chi connectivity index (χ3n) is 5.13. The van der Waals surface area contributed by atoms with Gasteiger partial charge in [-0.05, 0) is 61.1 Å². The number of cyclic esters (lactones) is 1. The summed E-state index contributed by atoms with van der Waals surface area (Å²) in [6.07, 6.45) is 1.31. The molecule has 27 heavy (non-hydrogen) atoms.